The minimum atomic E-state index is -0.769. The van der Waals surface area contributed by atoms with Crippen molar-refractivity contribution in [3.63, 3.8) is 0 Å². The Labute approximate surface area is 96.0 Å². The van der Waals surface area contributed by atoms with Gasteiger partial charge in [-0.1, -0.05) is 0 Å². The molecule has 1 saturated heterocycles. The molecule has 1 aliphatic rings. The van der Waals surface area contributed by atoms with E-state index in [4.69, 9.17) is 5.11 Å². The zero-order valence-electron chi connectivity index (χ0n) is 10.2. The van der Waals surface area contributed by atoms with Gasteiger partial charge in [0.2, 0.25) is 5.91 Å². The van der Waals surface area contributed by atoms with Gasteiger partial charge in [0.05, 0.1) is 12.0 Å². The molecule has 0 aromatic rings. The molecule has 5 nitrogen and oxygen atoms in total. The van der Waals surface area contributed by atoms with Gasteiger partial charge in [-0.2, -0.15) is 0 Å². The lowest BCUT2D eigenvalue weighted by atomic mass is 9.82. The van der Waals surface area contributed by atoms with Gasteiger partial charge in [0.15, 0.2) is 0 Å². The van der Waals surface area contributed by atoms with E-state index in [-0.39, 0.29) is 5.91 Å². The molecule has 1 aliphatic heterocycles. The fraction of sp³-hybridized carbons (Fsp3) is 0.818. The van der Waals surface area contributed by atoms with Gasteiger partial charge >= 0.3 is 5.97 Å². The number of carboxylic acids is 1. The SMILES string of the molecule is CN(C)C(=O)CN1CCCC(C)(C(=O)O)C1. The van der Waals surface area contributed by atoms with Crippen molar-refractivity contribution < 1.29 is 14.7 Å². The van der Waals surface area contributed by atoms with Crippen LogP contribution in [0.2, 0.25) is 0 Å². The van der Waals surface area contributed by atoms with Crippen molar-refractivity contribution >= 4 is 11.9 Å². The van der Waals surface area contributed by atoms with Crippen LogP contribution >= 0.6 is 0 Å². The molecule has 1 heterocycles. The number of likely N-dealkylation sites (tertiary alicyclic amines) is 1. The van der Waals surface area contributed by atoms with Crippen LogP contribution in [-0.4, -0.2) is 60.5 Å². The Balaban J connectivity index is 2.58. The summed E-state index contributed by atoms with van der Waals surface area (Å²) >= 11 is 0. The van der Waals surface area contributed by atoms with Crippen molar-refractivity contribution in [2.45, 2.75) is 19.8 Å². The number of nitrogens with zero attached hydrogens (tertiary/aromatic N) is 2. The Bertz CT molecular complexity index is 291. The fourth-order valence-electron chi connectivity index (χ4n) is 1.99. The number of hydrogen-bond donors (Lipinski definition) is 1. The number of amides is 1. The molecular weight excluding hydrogens is 208 g/mol. The second-order valence-corrected chi connectivity index (χ2v) is 4.97. The van der Waals surface area contributed by atoms with Crippen molar-refractivity contribution in [2.75, 3.05) is 33.7 Å². The van der Waals surface area contributed by atoms with E-state index in [9.17, 15) is 9.59 Å². The Kier molecular flexibility index (Phi) is 3.91. The molecule has 1 N–H and O–H groups in total. The van der Waals surface area contributed by atoms with Crippen LogP contribution in [0.3, 0.4) is 0 Å². The van der Waals surface area contributed by atoms with Gasteiger partial charge in [-0.15, -0.1) is 0 Å². The van der Waals surface area contributed by atoms with Gasteiger partial charge in [0.1, 0.15) is 0 Å². The van der Waals surface area contributed by atoms with Crippen LogP contribution < -0.4 is 0 Å². The molecule has 0 aliphatic carbocycles. The quantitative estimate of drug-likeness (QED) is 0.752. The van der Waals surface area contributed by atoms with Crippen molar-refractivity contribution in [3.8, 4) is 0 Å². The monoisotopic (exact) mass is 228 g/mol. The first-order valence-electron chi connectivity index (χ1n) is 5.51. The van der Waals surface area contributed by atoms with Crippen LogP contribution in [0, 0.1) is 5.41 Å². The first-order chi connectivity index (χ1) is 7.35. The van der Waals surface area contributed by atoms with Crippen LogP contribution in [-0.2, 0) is 9.59 Å². The van der Waals surface area contributed by atoms with E-state index in [2.05, 4.69) is 0 Å². The topological polar surface area (TPSA) is 60.9 Å². The summed E-state index contributed by atoms with van der Waals surface area (Å²) in [6, 6.07) is 0. The van der Waals surface area contributed by atoms with Crippen LogP contribution in [0.5, 0.6) is 0 Å². The Morgan fingerprint density at radius 3 is 2.56 bits per heavy atom. The Hall–Kier alpha value is -1.10. The number of hydrogen-bond acceptors (Lipinski definition) is 3. The molecule has 1 unspecified atom stereocenters. The van der Waals surface area contributed by atoms with E-state index in [1.807, 2.05) is 4.90 Å². The highest BCUT2D eigenvalue weighted by atomic mass is 16.4. The van der Waals surface area contributed by atoms with Gasteiger partial charge in [0, 0.05) is 20.6 Å². The average molecular weight is 228 g/mol. The molecule has 0 saturated carbocycles. The summed E-state index contributed by atoms with van der Waals surface area (Å²) in [7, 11) is 3.42. The zero-order chi connectivity index (χ0) is 12.3. The number of likely N-dealkylation sites (N-methyl/N-ethyl adjacent to an activating group) is 1. The number of rotatable bonds is 3. The molecule has 1 fully saturated rings. The van der Waals surface area contributed by atoms with E-state index in [0.29, 0.717) is 19.5 Å². The van der Waals surface area contributed by atoms with Crippen LogP contribution in [0.1, 0.15) is 19.8 Å². The number of piperidine rings is 1. The predicted octanol–water partition coefficient (Wildman–Crippen LogP) is 0.261. The first kappa shape index (κ1) is 13.0. The third-order valence-electron chi connectivity index (χ3n) is 3.15. The molecule has 0 aromatic carbocycles. The van der Waals surface area contributed by atoms with Gasteiger partial charge in [-0.25, -0.2) is 0 Å². The predicted molar refractivity (Wildman–Crippen MR) is 60.1 cm³/mol. The Morgan fingerprint density at radius 2 is 2.06 bits per heavy atom. The minimum Gasteiger partial charge on any atom is -0.481 e. The smallest absolute Gasteiger partial charge is 0.310 e. The van der Waals surface area contributed by atoms with E-state index in [1.54, 1.807) is 21.0 Å². The lowest BCUT2D eigenvalue weighted by molar-refractivity contribution is -0.152. The van der Waals surface area contributed by atoms with E-state index >= 15 is 0 Å². The van der Waals surface area contributed by atoms with Crippen molar-refractivity contribution in [3.05, 3.63) is 0 Å². The standard InChI is InChI=1S/C11H20N2O3/c1-11(10(15)16)5-4-6-13(8-11)7-9(14)12(2)3/h4-8H2,1-3H3,(H,15,16). The molecule has 0 radical (unpaired) electrons. The van der Waals surface area contributed by atoms with E-state index in [1.165, 1.54) is 4.90 Å². The van der Waals surface area contributed by atoms with Gasteiger partial charge in [0.25, 0.3) is 0 Å². The highest BCUT2D eigenvalue weighted by molar-refractivity contribution is 5.78. The maximum Gasteiger partial charge on any atom is 0.310 e. The minimum absolute atomic E-state index is 0.0228. The maximum atomic E-state index is 11.5. The summed E-state index contributed by atoms with van der Waals surface area (Å²) in [5.74, 6) is -0.746. The highest BCUT2D eigenvalue weighted by Gasteiger charge is 2.38. The number of carboxylic acid groups (broad SMARTS) is 1. The zero-order valence-corrected chi connectivity index (χ0v) is 10.2. The largest absolute Gasteiger partial charge is 0.481 e. The molecule has 1 atom stereocenters. The summed E-state index contributed by atoms with van der Waals surface area (Å²) in [5, 5.41) is 9.14. The molecule has 1 rings (SSSR count). The lowest BCUT2D eigenvalue weighted by Crippen LogP contribution is -2.49. The fourth-order valence-corrected chi connectivity index (χ4v) is 1.99. The highest BCUT2D eigenvalue weighted by Crippen LogP contribution is 2.29. The first-order valence-corrected chi connectivity index (χ1v) is 5.51. The molecule has 0 bridgehead atoms. The molecular formula is C11H20N2O3. The molecule has 92 valence electrons. The number of aliphatic carboxylic acids is 1. The summed E-state index contributed by atoms with van der Waals surface area (Å²) in [6.07, 6.45) is 1.53. The van der Waals surface area contributed by atoms with Crippen LogP contribution in [0.4, 0.5) is 0 Å². The third kappa shape index (κ3) is 2.95. The lowest BCUT2D eigenvalue weighted by Gasteiger charge is -2.37. The summed E-state index contributed by atoms with van der Waals surface area (Å²) < 4.78 is 0. The van der Waals surface area contributed by atoms with Crippen molar-refractivity contribution in [1.82, 2.24) is 9.80 Å². The molecule has 0 spiro atoms. The van der Waals surface area contributed by atoms with Gasteiger partial charge < -0.3 is 10.0 Å². The maximum absolute atomic E-state index is 11.5. The van der Waals surface area contributed by atoms with Crippen molar-refractivity contribution in [2.24, 2.45) is 5.41 Å². The van der Waals surface area contributed by atoms with E-state index in [0.717, 1.165) is 13.0 Å². The molecule has 1 amide bonds. The normalized spacial score (nSPS) is 26.4. The van der Waals surface area contributed by atoms with Gasteiger partial charge in [-0.05, 0) is 26.3 Å². The third-order valence-corrected chi connectivity index (χ3v) is 3.15. The van der Waals surface area contributed by atoms with Gasteiger partial charge in [-0.3, -0.25) is 14.5 Å². The summed E-state index contributed by atoms with van der Waals surface area (Å²) in [4.78, 5) is 26.1. The summed E-state index contributed by atoms with van der Waals surface area (Å²) in [5.41, 5.74) is -0.704. The van der Waals surface area contributed by atoms with Crippen LogP contribution in [0.25, 0.3) is 0 Å². The Morgan fingerprint density at radius 1 is 1.44 bits per heavy atom. The molecule has 16 heavy (non-hydrogen) atoms. The number of carbonyl (C=O) groups is 2. The van der Waals surface area contributed by atoms with Crippen LogP contribution in [0.15, 0.2) is 0 Å². The second kappa shape index (κ2) is 4.82. The average Bonchev–Trinajstić information content (AvgIpc) is 2.17. The summed E-state index contributed by atoms with van der Waals surface area (Å²) in [6.45, 7) is 3.34. The van der Waals surface area contributed by atoms with Crippen molar-refractivity contribution in [1.29, 1.82) is 0 Å². The number of carbonyl (C=O) groups excluding carboxylic acids is 1. The molecule has 5 heteroatoms. The van der Waals surface area contributed by atoms with E-state index < -0.39 is 11.4 Å². The molecule has 0 aromatic heterocycles. The second-order valence-electron chi connectivity index (χ2n) is 4.97.